The van der Waals surface area contributed by atoms with E-state index in [1.165, 1.54) is 7.11 Å². The Labute approximate surface area is 125 Å². The van der Waals surface area contributed by atoms with Gasteiger partial charge in [-0.25, -0.2) is 0 Å². The first-order valence-corrected chi connectivity index (χ1v) is 7.19. The number of esters is 1. The first-order chi connectivity index (χ1) is 10.2. The summed E-state index contributed by atoms with van der Waals surface area (Å²) in [5.41, 5.74) is 0.160. The number of ether oxygens (including phenoxy) is 1. The zero-order valence-electron chi connectivity index (χ0n) is 12.2. The quantitative estimate of drug-likeness (QED) is 0.472. The summed E-state index contributed by atoms with van der Waals surface area (Å²) in [6, 6.07) is 9.96. The number of Topliss-reactive ketones (excluding diaryl/α,β-unsaturated/α-hetero) is 1. The zero-order valence-corrected chi connectivity index (χ0v) is 12.2. The maximum absolute atomic E-state index is 12.0. The molecule has 0 N–H and O–H groups in total. The third kappa shape index (κ3) is 3.48. The van der Waals surface area contributed by atoms with E-state index >= 15 is 0 Å². The molecule has 1 unspecified atom stereocenters. The van der Waals surface area contributed by atoms with E-state index in [-0.39, 0.29) is 5.78 Å². The Morgan fingerprint density at radius 2 is 2.05 bits per heavy atom. The molecule has 1 aromatic rings. The minimum atomic E-state index is -0.953. The minimum Gasteiger partial charge on any atom is -0.468 e. The summed E-state index contributed by atoms with van der Waals surface area (Å²) in [6.07, 6.45) is 9.90. The van der Waals surface area contributed by atoms with Crippen LogP contribution in [0.2, 0.25) is 0 Å². The van der Waals surface area contributed by atoms with E-state index in [2.05, 4.69) is 0 Å². The fourth-order valence-electron chi connectivity index (χ4n) is 2.72. The van der Waals surface area contributed by atoms with Crippen LogP contribution in [0.3, 0.4) is 0 Å². The van der Waals surface area contributed by atoms with Gasteiger partial charge in [-0.05, 0) is 24.8 Å². The summed E-state index contributed by atoms with van der Waals surface area (Å²) in [4.78, 5) is 24.0. The van der Waals surface area contributed by atoms with Crippen molar-refractivity contribution in [3.8, 4) is 0 Å². The Balaban J connectivity index is 1.99. The van der Waals surface area contributed by atoms with E-state index in [9.17, 15) is 9.59 Å². The van der Waals surface area contributed by atoms with Gasteiger partial charge in [0.2, 0.25) is 0 Å². The predicted octanol–water partition coefficient (Wildman–Crippen LogP) is 3.56. The van der Waals surface area contributed by atoms with Gasteiger partial charge in [0.1, 0.15) is 5.41 Å². The van der Waals surface area contributed by atoms with Gasteiger partial charge < -0.3 is 4.74 Å². The molecular formula is C18H20O3. The topological polar surface area (TPSA) is 43.4 Å². The normalized spacial score (nSPS) is 22.2. The highest BCUT2D eigenvalue weighted by Gasteiger charge is 2.48. The van der Waals surface area contributed by atoms with Crippen molar-refractivity contribution in [1.29, 1.82) is 0 Å². The summed E-state index contributed by atoms with van der Waals surface area (Å²) in [6.45, 7) is 0. The fraction of sp³-hybridized carbons (Fsp3) is 0.333. The minimum absolute atomic E-state index is 0.00559. The van der Waals surface area contributed by atoms with Gasteiger partial charge in [-0.2, -0.15) is 0 Å². The van der Waals surface area contributed by atoms with Crippen molar-refractivity contribution in [3.63, 3.8) is 0 Å². The van der Waals surface area contributed by atoms with Crippen molar-refractivity contribution < 1.29 is 14.3 Å². The van der Waals surface area contributed by atoms with Crippen molar-refractivity contribution in [2.24, 2.45) is 5.41 Å². The van der Waals surface area contributed by atoms with Gasteiger partial charge >= 0.3 is 5.97 Å². The number of rotatable bonds is 5. The van der Waals surface area contributed by atoms with Gasteiger partial charge in [-0.3, -0.25) is 9.59 Å². The SMILES string of the molecule is COC(=O)C1(C/C=C/C=C/c2ccccc2)CCCC1=O. The molecule has 110 valence electrons. The second kappa shape index (κ2) is 7.02. The largest absolute Gasteiger partial charge is 0.468 e. The molecule has 1 aromatic carbocycles. The van der Waals surface area contributed by atoms with E-state index in [0.29, 0.717) is 19.3 Å². The van der Waals surface area contributed by atoms with Crippen LogP contribution < -0.4 is 0 Å². The molecule has 1 fully saturated rings. The molecule has 1 aliphatic rings. The van der Waals surface area contributed by atoms with Crippen molar-refractivity contribution in [2.75, 3.05) is 7.11 Å². The summed E-state index contributed by atoms with van der Waals surface area (Å²) in [7, 11) is 1.34. The number of allylic oxidation sites excluding steroid dienone is 3. The molecule has 0 saturated heterocycles. The zero-order chi connectivity index (χ0) is 15.1. The molecule has 21 heavy (non-hydrogen) atoms. The van der Waals surface area contributed by atoms with Crippen molar-refractivity contribution >= 4 is 17.8 Å². The Hall–Kier alpha value is -2.16. The lowest BCUT2D eigenvalue weighted by Gasteiger charge is -2.22. The highest BCUT2D eigenvalue weighted by molar-refractivity contribution is 6.05. The van der Waals surface area contributed by atoms with Gasteiger partial charge in [0.25, 0.3) is 0 Å². The van der Waals surface area contributed by atoms with E-state index in [1.807, 2.05) is 54.6 Å². The van der Waals surface area contributed by atoms with E-state index in [4.69, 9.17) is 4.74 Å². The van der Waals surface area contributed by atoms with Crippen LogP contribution >= 0.6 is 0 Å². The maximum Gasteiger partial charge on any atom is 0.319 e. The van der Waals surface area contributed by atoms with Gasteiger partial charge in [-0.1, -0.05) is 54.6 Å². The smallest absolute Gasteiger partial charge is 0.319 e. The molecule has 3 nitrogen and oxygen atoms in total. The molecule has 0 amide bonds. The molecular weight excluding hydrogens is 264 g/mol. The van der Waals surface area contributed by atoms with Crippen molar-refractivity contribution in [2.45, 2.75) is 25.7 Å². The Kier molecular flexibility index (Phi) is 5.09. The van der Waals surface area contributed by atoms with Crippen LogP contribution in [0.1, 0.15) is 31.2 Å². The van der Waals surface area contributed by atoms with Crippen molar-refractivity contribution in [3.05, 3.63) is 54.1 Å². The number of carbonyl (C=O) groups is 2. The Morgan fingerprint density at radius 1 is 1.29 bits per heavy atom. The van der Waals surface area contributed by atoms with Crippen LogP contribution in [0.5, 0.6) is 0 Å². The third-order valence-corrected chi connectivity index (χ3v) is 3.92. The molecule has 0 spiro atoms. The van der Waals surface area contributed by atoms with Gasteiger partial charge in [0, 0.05) is 6.42 Å². The molecule has 0 radical (unpaired) electrons. The standard InChI is InChI=1S/C18H20O3/c1-21-17(20)18(14-8-12-16(18)19)13-7-3-6-11-15-9-4-2-5-10-15/h2-7,9-11H,8,12-14H2,1H3/b7-3+,11-6+. The molecule has 0 aromatic heterocycles. The van der Waals surface area contributed by atoms with Crippen LogP contribution in [-0.2, 0) is 14.3 Å². The lowest BCUT2D eigenvalue weighted by Crippen LogP contribution is -2.35. The van der Waals surface area contributed by atoms with E-state index in [1.54, 1.807) is 0 Å². The number of hydrogen-bond acceptors (Lipinski definition) is 3. The van der Waals surface area contributed by atoms with Crippen LogP contribution in [0.15, 0.2) is 48.6 Å². The van der Waals surface area contributed by atoms with Crippen LogP contribution in [0, 0.1) is 5.41 Å². The second-order valence-corrected chi connectivity index (χ2v) is 5.25. The monoisotopic (exact) mass is 284 g/mol. The molecule has 1 aliphatic carbocycles. The highest BCUT2D eigenvalue weighted by Crippen LogP contribution is 2.39. The van der Waals surface area contributed by atoms with Gasteiger partial charge in [-0.15, -0.1) is 0 Å². The van der Waals surface area contributed by atoms with Crippen molar-refractivity contribution in [1.82, 2.24) is 0 Å². The second-order valence-electron chi connectivity index (χ2n) is 5.25. The average Bonchev–Trinajstić information content (AvgIpc) is 2.89. The summed E-state index contributed by atoms with van der Waals surface area (Å²) in [5.74, 6) is -0.396. The summed E-state index contributed by atoms with van der Waals surface area (Å²) in [5, 5.41) is 0. The molecule has 3 heteroatoms. The molecule has 0 heterocycles. The lowest BCUT2D eigenvalue weighted by molar-refractivity contribution is -0.156. The molecule has 2 rings (SSSR count). The van der Waals surface area contributed by atoms with Crippen LogP contribution in [0.4, 0.5) is 0 Å². The first-order valence-electron chi connectivity index (χ1n) is 7.19. The lowest BCUT2D eigenvalue weighted by atomic mass is 9.81. The molecule has 1 saturated carbocycles. The first kappa shape index (κ1) is 15.2. The Morgan fingerprint density at radius 3 is 2.67 bits per heavy atom. The van der Waals surface area contributed by atoms with Crippen LogP contribution in [0.25, 0.3) is 6.08 Å². The van der Waals surface area contributed by atoms with Crippen LogP contribution in [-0.4, -0.2) is 18.9 Å². The molecule has 0 aliphatic heterocycles. The van der Waals surface area contributed by atoms with Gasteiger partial charge in [0.15, 0.2) is 5.78 Å². The fourth-order valence-corrected chi connectivity index (χ4v) is 2.72. The number of benzene rings is 1. The third-order valence-electron chi connectivity index (χ3n) is 3.92. The average molecular weight is 284 g/mol. The number of ketones is 1. The number of hydrogen-bond donors (Lipinski definition) is 0. The number of methoxy groups -OCH3 is 1. The maximum atomic E-state index is 12.0. The Bertz CT molecular complexity index is 557. The predicted molar refractivity (Wildman–Crippen MR) is 82.5 cm³/mol. The van der Waals surface area contributed by atoms with E-state index in [0.717, 1.165) is 12.0 Å². The summed E-state index contributed by atoms with van der Waals surface area (Å²) >= 11 is 0. The summed E-state index contributed by atoms with van der Waals surface area (Å²) < 4.78 is 4.82. The van der Waals surface area contributed by atoms with E-state index < -0.39 is 11.4 Å². The molecule has 1 atom stereocenters. The van der Waals surface area contributed by atoms with Gasteiger partial charge in [0.05, 0.1) is 7.11 Å². The number of carbonyl (C=O) groups excluding carboxylic acids is 2. The highest BCUT2D eigenvalue weighted by atomic mass is 16.5. The molecule has 0 bridgehead atoms.